The van der Waals surface area contributed by atoms with E-state index in [0.29, 0.717) is 18.0 Å². The first kappa shape index (κ1) is 13.0. The second-order valence-corrected chi connectivity index (χ2v) is 4.07. The van der Waals surface area contributed by atoms with Crippen molar-refractivity contribution in [3.8, 4) is 0 Å². The minimum absolute atomic E-state index is 0.452. The van der Waals surface area contributed by atoms with Crippen LogP contribution >= 0.6 is 11.6 Å². The number of benzene rings is 1. The first-order valence-electron chi connectivity index (χ1n) is 5.34. The molecule has 4 heteroatoms. The lowest BCUT2D eigenvalue weighted by molar-refractivity contribution is -0.139. The molecule has 2 N–H and O–H groups in total. The Balaban J connectivity index is 2.35. The molecule has 0 spiro atoms. The van der Waals surface area contributed by atoms with Gasteiger partial charge in [-0.05, 0) is 37.1 Å². The summed E-state index contributed by atoms with van der Waals surface area (Å²) >= 11 is 5.77. The first-order chi connectivity index (χ1) is 7.63. The Morgan fingerprint density at radius 3 is 2.56 bits per heavy atom. The number of aliphatic carboxylic acids is 1. The number of carboxylic acids is 1. The Morgan fingerprint density at radius 2 is 2.06 bits per heavy atom. The molecule has 1 rings (SSSR count). The molecule has 0 fully saturated rings. The van der Waals surface area contributed by atoms with E-state index in [-0.39, 0.29) is 0 Å². The summed E-state index contributed by atoms with van der Waals surface area (Å²) in [6.45, 7) is 2.51. The average molecular weight is 242 g/mol. The molecular weight excluding hydrogens is 226 g/mol. The van der Waals surface area contributed by atoms with E-state index in [1.165, 1.54) is 0 Å². The van der Waals surface area contributed by atoms with E-state index < -0.39 is 12.0 Å². The zero-order valence-corrected chi connectivity index (χ0v) is 10.00. The molecule has 3 nitrogen and oxygen atoms in total. The second kappa shape index (κ2) is 6.51. The van der Waals surface area contributed by atoms with Crippen LogP contribution in [0.4, 0.5) is 0 Å². The predicted octanol–water partition coefficient (Wildman–Crippen LogP) is 2.34. The van der Waals surface area contributed by atoms with Crippen LogP contribution in [-0.2, 0) is 11.2 Å². The number of rotatable bonds is 6. The molecule has 1 unspecified atom stereocenters. The molecule has 0 aliphatic carbocycles. The number of carboxylic acid groups (broad SMARTS) is 1. The normalized spacial score (nSPS) is 12.4. The third kappa shape index (κ3) is 4.21. The van der Waals surface area contributed by atoms with Gasteiger partial charge in [0, 0.05) is 5.02 Å². The SMILES string of the molecule is CCC(NCCc1ccc(Cl)cc1)C(=O)O. The number of hydrogen-bond acceptors (Lipinski definition) is 2. The van der Waals surface area contributed by atoms with Crippen molar-refractivity contribution in [2.75, 3.05) is 6.54 Å². The molecule has 0 radical (unpaired) electrons. The highest BCUT2D eigenvalue weighted by Gasteiger charge is 2.12. The maximum Gasteiger partial charge on any atom is 0.320 e. The minimum Gasteiger partial charge on any atom is -0.480 e. The first-order valence-corrected chi connectivity index (χ1v) is 5.72. The Kier molecular flexibility index (Phi) is 5.29. The largest absolute Gasteiger partial charge is 0.480 e. The third-order valence-corrected chi connectivity index (χ3v) is 2.68. The molecule has 0 aromatic heterocycles. The van der Waals surface area contributed by atoms with Crippen molar-refractivity contribution >= 4 is 17.6 Å². The number of carbonyl (C=O) groups is 1. The summed E-state index contributed by atoms with van der Waals surface area (Å²) in [5.41, 5.74) is 1.15. The van der Waals surface area contributed by atoms with Crippen LogP contribution in [0.5, 0.6) is 0 Å². The number of nitrogens with one attached hydrogen (secondary N) is 1. The van der Waals surface area contributed by atoms with Crippen LogP contribution < -0.4 is 5.32 Å². The lowest BCUT2D eigenvalue weighted by atomic mass is 10.1. The molecule has 0 amide bonds. The number of halogens is 1. The molecule has 0 saturated carbocycles. The van der Waals surface area contributed by atoms with Crippen molar-refractivity contribution in [1.82, 2.24) is 5.32 Å². The molecule has 1 atom stereocenters. The van der Waals surface area contributed by atoms with Crippen LogP contribution in [0.25, 0.3) is 0 Å². The van der Waals surface area contributed by atoms with Crippen molar-refractivity contribution in [1.29, 1.82) is 0 Å². The highest BCUT2D eigenvalue weighted by Crippen LogP contribution is 2.09. The van der Waals surface area contributed by atoms with E-state index >= 15 is 0 Å². The Bertz CT molecular complexity index is 337. The van der Waals surface area contributed by atoms with Gasteiger partial charge in [0.1, 0.15) is 6.04 Å². The van der Waals surface area contributed by atoms with Gasteiger partial charge in [0.25, 0.3) is 0 Å². The van der Waals surface area contributed by atoms with Crippen LogP contribution in [0.3, 0.4) is 0 Å². The van der Waals surface area contributed by atoms with E-state index in [9.17, 15) is 4.79 Å². The topological polar surface area (TPSA) is 49.3 Å². The summed E-state index contributed by atoms with van der Waals surface area (Å²) < 4.78 is 0. The third-order valence-electron chi connectivity index (χ3n) is 2.42. The van der Waals surface area contributed by atoms with Crippen molar-refractivity contribution in [3.63, 3.8) is 0 Å². The fourth-order valence-corrected chi connectivity index (χ4v) is 1.57. The molecule has 0 aliphatic rings. The maximum atomic E-state index is 10.7. The van der Waals surface area contributed by atoms with Crippen LogP contribution in [0.2, 0.25) is 5.02 Å². The molecule has 1 aromatic rings. The molecule has 88 valence electrons. The molecule has 0 heterocycles. The van der Waals surface area contributed by atoms with Crippen molar-refractivity contribution in [2.24, 2.45) is 0 Å². The van der Waals surface area contributed by atoms with Gasteiger partial charge in [-0.25, -0.2) is 0 Å². The Labute approximate surface area is 100 Å². The molecular formula is C12H16ClNO2. The summed E-state index contributed by atoms with van der Waals surface area (Å²) in [4.78, 5) is 10.7. The fourth-order valence-electron chi connectivity index (χ4n) is 1.45. The van der Waals surface area contributed by atoms with E-state index in [2.05, 4.69) is 5.32 Å². The van der Waals surface area contributed by atoms with E-state index in [1.54, 1.807) is 0 Å². The predicted molar refractivity (Wildman–Crippen MR) is 64.9 cm³/mol. The Hall–Kier alpha value is -1.06. The van der Waals surface area contributed by atoms with Gasteiger partial charge < -0.3 is 10.4 Å². The van der Waals surface area contributed by atoms with Crippen molar-refractivity contribution in [3.05, 3.63) is 34.9 Å². The van der Waals surface area contributed by atoms with Gasteiger partial charge in [-0.15, -0.1) is 0 Å². The molecule has 0 bridgehead atoms. The zero-order chi connectivity index (χ0) is 12.0. The summed E-state index contributed by atoms with van der Waals surface area (Å²) in [6.07, 6.45) is 1.40. The van der Waals surface area contributed by atoms with Gasteiger partial charge in [-0.2, -0.15) is 0 Å². The van der Waals surface area contributed by atoms with Gasteiger partial charge >= 0.3 is 5.97 Å². The van der Waals surface area contributed by atoms with Crippen LogP contribution in [0, 0.1) is 0 Å². The zero-order valence-electron chi connectivity index (χ0n) is 9.24. The smallest absolute Gasteiger partial charge is 0.320 e. The highest BCUT2D eigenvalue weighted by atomic mass is 35.5. The summed E-state index contributed by atoms with van der Waals surface area (Å²) in [6, 6.07) is 7.13. The maximum absolute atomic E-state index is 10.7. The lowest BCUT2D eigenvalue weighted by Gasteiger charge is -2.11. The minimum atomic E-state index is -0.793. The van der Waals surface area contributed by atoms with Crippen molar-refractivity contribution in [2.45, 2.75) is 25.8 Å². The van der Waals surface area contributed by atoms with Crippen LogP contribution in [0.15, 0.2) is 24.3 Å². The van der Waals surface area contributed by atoms with Crippen LogP contribution in [-0.4, -0.2) is 23.7 Å². The standard InChI is InChI=1S/C12H16ClNO2/c1-2-11(12(15)16)14-8-7-9-3-5-10(13)6-4-9/h3-6,11,14H,2,7-8H2,1H3,(H,15,16). The van der Waals surface area contributed by atoms with Gasteiger partial charge in [-0.3, -0.25) is 4.79 Å². The fraction of sp³-hybridized carbons (Fsp3) is 0.417. The van der Waals surface area contributed by atoms with Crippen molar-refractivity contribution < 1.29 is 9.90 Å². The quantitative estimate of drug-likeness (QED) is 0.804. The van der Waals surface area contributed by atoms with Gasteiger partial charge in [-0.1, -0.05) is 30.7 Å². The molecule has 0 saturated heterocycles. The van der Waals surface area contributed by atoms with Gasteiger partial charge in [0.2, 0.25) is 0 Å². The molecule has 0 aliphatic heterocycles. The number of hydrogen-bond donors (Lipinski definition) is 2. The van der Waals surface area contributed by atoms with E-state index in [4.69, 9.17) is 16.7 Å². The average Bonchev–Trinajstić information content (AvgIpc) is 2.26. The summed E-state index contributed by atoms with van der Waals surface area (Å²) in [5.74, 6) is -0.793. The lowest BCUT2D eigenvalue weighted by Crippen LogP contribution is -2.37. The molecule has 1 aromatic carbocycles. The van der Waals surface area contributed by atoms with Crippen LogP contribution in [0.1, 0.15) is 18.9 Å². The summed E-state index contributed by atoms with van der Waals surface area (Å²) in [7, 11) is 0. The van der Waals surface area contributed by atoms with Gasteiger partial charge in [0.15, 0.2) is 0 Å². The molecule has 16 heavy (non-hydrogen) atoms. The van der Waals surface area contributed by atoms with Gasteiger partial charge in [0.05, 0.1) is 0 Å². The summed E-state index contributed by atoms with van der Waals surface area (Å²) in [5, 5.41) is 12.5. The highest BCUT2D eigenvalue weighted by molar-refractivity contribution is 6.30. The Morgan fingerprint density at radius 1 is 1.44 bits per heavy atom. The van der Waals surface area contributed by atoms with E-state index in [1.807, 2.05) is 31.2 Å². The monoisotopic (exact) mass is 241 g/mol. The second-order valence-electron chi connectivity index (χ2n) is 3.63. The van der Waals surface area contributed by atoms with E-state index in [0.717, 1.165) is 12.0 Å².